The Morgan fingerprint density at radius 2 is 1.92 bits per heavy atom. The predicted molar refractivity (Wildman–Crippen MR) is 109 cm³/mol. The third kappa shape index (κ3) is 4.95. The molecule has 3 aromatic rings. The molecular formula is C20H25N5S. The van der Waals surface area contributed by atoms with E-state index in [4.69, 9.17) is 0 Å². The van der Waals surface area contributed by atoms with Gasteiger partial charge >= 0.3 is 0 Å². The maximum Gasteiger partial charge on any atom is 0.191 e. The van der Waals surface area contributed by atoms with E-state index < -0.39 is 0 Å². The first-order valence-corrected chi connectivity index (χ1v) is 9.71. The van der Waals surface area contributed by atoms with Gasteiger partial charge in [0.2, 0.25) is 0 Å². The van der Waals surface area contributed by atoms with E-state index in [9.17, 15) is 0 Å². The number of aryl methyl sites for hydroxylation is 1. The average molecular weight is 368 g/mol. The maximum absolute atomic E-state index is 4.30. The van der Waals surface area contributed by atoms with E-state index in [1.54, 1.807) is 13.2 Å². The number of benzene rings is 1. The zero-order valence-corrected chi connectivity index (χ0v) is 16.1. The molecule has 2 N–H and O–H groups in total. The highest BCUT2D eigenvalue weighted by atomic mass is 32.1. The highest BCUT2D eigenvalue weighted by molar-refractivity contribution is 7.11. The van der Waals surface area contributed by atoms with Gasteiger partial charge in [0, 0.05) is 35.7 Å². The molecule has 0 fully saturated rings. The number of hydrogen-bond acceptors (Lipinski definition) is 3. The molecule has 0 aliphatic heterocycles. The fraction of sp³-hybridized carbons (Fsp3) is 0.300. The molecule has 1 aromatic carbocycles. The summed E-state index contributed by atoms with van der Waals surface area (Å²) in [7, 11) is 1.81. The monoisotopic (exact) mass is 367 g/mol. The fourth-order valence-electron chi connectivity index (χ4n) is 2.66. The number of guanidine groups is 1. The number of aromatic nitrogens is 2. The lowest BCUT2D eigenvalue weighted by molar-refractivity contribution is 0.798. The van der Waals surface area contributed by atoms with Gasteiger partial charge < -0.3 is 10.6 Å². The second kappa shape index (κ2) is 9.20. The van der Waals surface area contributed by atoms with Crippen molar-refractivity contribution in [1.82, 2.24) is 20.4 Å². The molecule has 26 heavy (non-hydrogen) atoms. The molecule has 0 amide bonds. The molecule has 6 heteroatoms. The van der Waals surface area contributed by atoms with Crippen LogP contribution in [0.15, 0.2) is 59.9 Å². The van der Waals surface area contributed by atoms with Crippen LogP contribution in [0.4, 0.5) is 0 Å². The Balaban J connectivity index is 1.44. The Bertz CT molecular complexity index is 818. The van der Waals surface area contributed by atoms with Gasteiger partial charge in [-0.05, 0) is 48.7 Å². The molecule has 0 saturated carbocycles. The number of hydrogen-bond donors (Lipinski definition) is 2. The highest BCUT2D eigenvalue weighted by Crippen LogP contribution is 2.16. The van der Waals surface area contributed by atoms with Gasteiger partial charge in [0.1, 0.15) is 0 Å². The number of thiophene rings is 1. The second-order valence-corrected chi connectivity index (χ2v) is 7.19. The molecule has 2 heterocycles. The second-order valence-electron chi connectivity index (χ2n) is 5.94. The quantitative estimate of drug-likeness (QED) is 0.497. The van der Waals surface area contributed by atoms with Crippen LogP contribution in [0.2, 0.25) is 0 Å². The molecule has 0 aliphatic carbocycles. The number of nitrogens with one attached hydrogen (secondary N) is 2. The van der Waals surface area contributed by atoms with Crippen LogP contribution < -0.4 is 10.6 Å². The summed E-state index contributed by atoms with van der Waals surface area (Å²) >= 11 is 1.85. The van der Waals surface area contributed by atoms with Gasteiger partial charge in [-0.3, -0.25) is 4.99 Å². The minimum Gasteiger partial charge on any atom is -0.356 e. The Morgan fingerprint density at radius 3 is 2.58 bits per heavy atom. The summed E-state index contributed by atoms with van der Waals surface area (Å²) in [6.45, 7) is 3.83. The first kappa shape index (κ1) is 18.2. The van der Waals surface area contributed by atoms with E-state index in [2.05, 4.69) is 64.0 Å². The van der Waals surface area contributed by atoms with Crippen molar-refractivity contribution in [2.24, 2.45) is 4.99 Å². The fourth-order valence-corrected chi connectivity index (χ4v) is 3.56. The molecule has 0 saturated heterocycles. The first-order valence-electron chi connectivity index (χ1n) is 8.89. The van der Waals surface area contributed by atoms with Crippen LogP contribution in [-0.4, -0.2) is 29.3 Å². The molecule has 3 rings (SSSR count). The summed E-state index contributed by atoms with van der Waals surface area (Å²) in [4.78, 5) is 7.05. The topological polar surface area (TPSA) is 54.2 Å². The molecule has 0 unspecified atom stereocenters. The number of rotatable bonds is 7. The van der Waals surface area contributed by atoms with E-state index in [1.807, 2.05) is 28.3 Å². The van der Waals surface area contributed by atoms with E-state index in [-0.39, 0.29) is 0 Å². The van der Waals surface area contributed by atoms with Gasteiger partial charge in [-0.2, -0.15) is 5.10 Å². The molecular weight excluding hydrogens is 342 g/mol. The van der Waals surface area contributed by atoms with E-state index in [0.29, 0.717) is 0 Å². The van der Waals surface area contributed by atoms with Gasteiger partial charge in [-0.15, -0.1) is 11.3 Å². The van der Waals surface area contributed by atoms with Crippen molar-refractivity contribution in [3.63, 3.8) is 0 Å². The highest BCUT2D eigenvalue weighted by Gasteiger charge is 2.02. The van der Waals surface area contributed by atoms with Crippen molar-refractivity contribution >= 4 is 17.3 Å². The third-order valence-corrected chi connectivity index (χ3v) is 5.36. The normalized spacial score (nSPS) is 11.5. The summed E-state index contributed by atoms with van der Waals surface area (Å²) < 4.78 is 1.86. The molecule has 5 nitrogen and oxygen atoms in total. The molecule has 0 bridgehead atoms. The molecule has 0 radical (unpaired) electrons. The maximum atomic E-state index is 4.30. The summed E-state index contributed by atoms with van der Waals surface area (Å²) in [5, 5.41) is 11.0. The molecule has 0 aliphatic rings. The molecule has 2 aromatic heterocycles. The third-order valence-electron chi connectivity index (χ3n) is 4.13. The van der Waals surface area contributed by atoms with Crippen molar-refractivity contribution in [3.05, 3.63) is 70.2 Å². The minimum atomic E-state index is 0.808. The number of aliphatic imine (C=N–C) groups is 1. The van der Waals surface area contributed by atoms with Crippen molar-refractivity contribution in [1.29, 1.82) is 0 Å². The smallest absolute Gasteiger partial charge is 0.191 e. The lowest BCUT2D eigenvalue weighted by Crippen LogP contribution is -2.37. The van der Waals surface area contributed by atoms with Gasteiger partial charge in [0.05, 0.1) is 12.2 Å². The van der Waals surface area contributed by atoms with Crippen LogP contribution in [0.1, 0.15) is 22.2 Å². The lowest BCUT2D eigenvalue weighted by Gasteiger charge is -2.11. The Labute approximate surface area is 158 Å². The van der Waals surface area contributed by atoms with E-state index >= 15 is 0 Å². The zero-order chi connectivity index (χ0) is 18.2. The largest absolute Gasteiger partial charge is 0.356 e. The van der Waals surface area contributed by atoms with Crippen LogP contribution in [-0.2, 0) is 19.4 Å². The average Bonchev–Trinajstić information content (AvgIpc) is 3.36. The molecule has 0 atom stereocenters. The van der Waals surface area contributed by atoms with E-state index in [1.165, 1.54) is 15.3 Å². The van der Waals surface area contributed by atoms with Gasteiger partial charge in [0.25, 0.3) is 0 Å². The van der Waals surface area contributed by atoms with Crippen LogP contribution in [0, 0.1) is 0 Å². The SMILES string of the molecule is CCc1ccc(CNC(=NC)NCCc2ccc(-n3cccn3)cc2)s1. The van der Waals surface area contributed by atoms with Gasteiger partial charge in [-0.25, -0.2) is 4.68 Å². The van der Waals surface area contributed by atoms with Crippen LogP contribution in [0.5, 0.6) is 0 Å². The predicted octanol–water partition coefficient (Wildman–Crippen LogP) is 3.40. The van der Waals surface area contributed by atoms with Crippen molar-refractivity contribution in [3.8, 4) is 5.69 Å². The van der Waals surface area contributed by atoms with Crippen LogP contribution in [0.3, 0.4) is 0 Å². The summed E-state index contributed by atoms with van der Waals surface area (Å²) in [6.07, 6.45) is 5.77. The first-order chi connectivity index (χ1) is 12.8. The Kier molecular flexibility index (Phi) is 6.44. The number of nitrogens with zero attached hydrogens (tertiary/aromatic N) is 3. The zero-order valence-electron chi connectivity index (χ0n) is 15.3. The van der Waals surface area contributed by atoms with Crippen molar-refractivity contribution in [2.75, 3.05) is 13.6 Å². The minimum absolute atomic E-state index is 0.808. The lowest BCUT2D eigenvalue weighted by atomic mass is 10.1. The van der Waals surface area contributed by atoms with Crippen LogP contribution in [0.25, 0.3) is 5.69 Å². The molecule has 136 valence electrons. The molecule has 0 spiro atoms. The Morgan fingerprint density at radius 1 is 1.12 bits per heavy atom. The van der Waals surface area contributed by atoms with Gasteiger partial charge in [0.15, 0.2) is 5.96 Å². The van der Waals surface area contributed by atoms with Gasteiger partial charge in [-0.1, -0.05) is 19.1 Å². The standard InChI is InChI=1S/C20H25N5S/c1-3-18-9-10-19(26-18)15-23-20(21-2)22-13-11-16-5-7-17(8-6-16)25-14-4-12-24-25/h4-10,12,14H,3,11,13,15H2,1-2H3,(H2,21,22,23). The van der Waals surface area contributed by atoms with Crippen LogP contribution >= 0.6 is 11.3 Å². The summed E-state index contributed by atoms with van der Waals surface area (Å²) in [5.74, 6) is 0.838. The van der Waals surface area contributed by atoms with Crippen molar-refractivity contribution < 1.29 is 0 Å². The van der Waals surface area contributed by atoms with E-state index in [0.717, 1.165) is 37.6 Å². The Hall–Kier alpha value is -2.60. The summed E-state index contributed by atoms with van der Waals surface area (Å²) in [5.41, 5.74) is 2.36. The van der Waals surface area contributed by atoms with Crippen molar-refractivity contribution in [2.45, 2.75) is 26.3 Å². The summed E-state index contributed by atoms with van der Waals surface area (Å²) in [6, 6.07) is 14.8.